The lowest BCUT2D eigenvalue weighted by Crippen LogP contribution is -1.98. The van der Waals surface area contributed by atoms with Crippen molar-refractivity contribution in [2.75, 3.05) is 7.11 Å². The van der Waals surface area contributed by atoms with Crippen molar-refractivity contribution in [3.8, 4) is 33.9 Å². The maximum atomic E-state index is 11.3. The monoisotopic (exact) mass is 310 g/mol. The van der Waals surface area contributed by atoms with E-state index in [-0.39, 0.29) is 17.1 Å². The van der Waals surface area contributed by atoms with Crippen molar-refractivity contribution in [2.24, 2.45) is 0 Å². The lowest BCUT2D eigenvalue weighted by Gasteiger charge is -2.11. The first kappa shape index (κ1) is 14.6. The second-order valence-corrected chi connectivity index (χ2v) is 4.90. The number of ether oxygens (including phenoxy) is 1. The molecule has 0 bridgehead atoms. The number of phenolic OH excluding ortho intramolecular Hbond substituents is 1. The number of benzene rings is 2. The van der Waals surface area contributed by atoms with Gasteiger partial charge in [0.2, 0.25) is 0 Å². The highest BCUT2D eigenvalue weighted by Gasteiger charge is 2.19. The van der Waals surface area contributed by atoms with Crippen LogP contribution in [0.25, 0.3) is 22.4 Å². The Bertz CT molecular complexity index is 856. The van der Waals surface area contributed by atoms with Gasteiger partial charge in [0.15, 0.2) is 11.5 Å². The van der Waals surface area contributed by atoms with Gasteiger partial charge in [0, 0.05) is 16.7 Å². The molecule has 0 aliphatic rings. The number of aromatic amines is 1. The second-order valence-electron chi connectivity index (χ2n) is 4.90. The number of nitrogens with one attached hydrogen (secondary N) is 1. The third-order valence-corrected chi connectivity index (χ3v) is 3.53. The van der Waals surface area contributed by atoms with E-state index >= 15 is 0 Å². The number of rotatable bonds is 4. The van der Waals surface area contributed by atoms with Crippen LogP contribution in [0.4, 0.5) is 0 Å². The van der Waals surface area contributed by atoms with Crippen LogP contribution in [-0.4, -0.2) is 33.5 Å². The third-order valence-electron chi connectivity index (χ3n) is 3.53. The van der Waals surface area contributed by atoms with Crippen LogP contribution in [0.5, 0.6) is 11.5 Å². The Kier molecular flexibility index (Phi) is 3.72. The van der Waals surface area contributed by atoms with Gasteiger partial charge in [-0.15, -0.1) is 0 Å². The molecule has 6 nitrogen and oxygen atoms in total. The fourth-order valence-electron chi connectivity index (χ4n) is 2.41. The molecule has 2 aromatic carbocycles. The Morgan fingerprint density at radius 2 is 1.91 bits per heavy atom. The number of phenols is 1. The Balaban J connectivity index is 2.22. The number of hydrogen-bond donors (Lipinski definition) is 3. The topological polar surface area (TPSA) is 95.4 Å². The first-order valence-electron chi connectivity index (χ1n) is 6.85. The van der Waals surface area contributed by atoms with Gasteiger partial charge in [0.1, 0.15) is 0 Å². The largest absolute Gasteiger partial charge is 0.504 e. The molecule has 0 amide bonds. The number of hydrogen-bond acceptors (Lipinski definition) is 4. The van der Waals surface area contributed by atoms with Crippen molar-refractivity contribution in [1.29, 1.82) is 0 Å². The molecule has 0 fully saturated rings. The highest BCUT2D eigenvalue weighted by atomic mass is 16.5. The molecule has 116 valence electrons. The SMILES string of the molecule is COc1cc(C(=O)O)cc(-c2cn[nH]c2-c2ccccc2)c1O. The number of aromatic nitrogens is 2. The van der Waals surface area contributed by atoms with E-state index in [0.717, 1.165) is 5.56 Å². The van der Waals surface area contributed by atoms with Gasteiger partial charge in [-0.3, -0.25) is 5.10 Å². The molecule has 0 atom stereocenters. The molecule has 3 aromatic rings. The molecule has 1 heterocycles. The zero-order chi connectivity index (χ0) is 16.4. The number of aromatic carboxylic acids is 1. The number of nitrogens with zero attached hydrogens (tertiary/aromatic N) is 1. The van der Waals surface area contributed by atoms with Gasteiger partial charge in [-0.1, -0.05) is 30.3 Å². The molecule has 0 saturated carbocycles. The Hall–Kier alpha value is -3.28. The summed E-state index contributed by atoms with van der Waals surface area (Å²) >= 11 is 0. The van der Waals surface area contributed by atoms with Gasteiger partial charge in [-0.05, 0) is 12.1 Å². The Morgan fingerprint density at radius 1 is 1.17 bits per heavy atom. The van der Waals surface area contributed by atoms with E-state index in [0.29, 0.717) is 16.8 Å². The van der Waals surface area contributed by atoms with E-state index in [9.17, 15) is 15.0 Å². The molecule has 0 saturated heterocycles. The van der Waals surface area contributed by atoms with E-state index in [4.69, 9.17) is 4.74 Å². The summed E-state index contributed by atoms with van der Waals surface area (Å²) in [5, 5.41) is 26.5. The summed E-state index contributed by atoms with van der Waals surface area (Å²) in [6.45, 7) is 0. The van der Waals surface area contributed by atoms with Crippen LogP contribution in [0.2, 0.25) is 0 Å². The first-order chi connectivity index (χ1) is 11.1. The van der Waals surface area contributed by atoms with Crippen molar-refractivity contribution >= 4 is 5.97 Å². The minimum absolute atomic E-state index is 0.0230. The van der Waals surface area contributed by atoms with Crippen LogP contribution in [-0.2, 0) is 0 Å². The molecule has 1 aromatic heterocycles. The van der Waals surface area contributed by atoms with Gasteiger partial charge in [-0.25, -0.2) is 4.79 Å². The van der Waals surface area contributed by atoms with Crippen molar-refractivity contribution in [2.45, 2.75) is 0 Å². The highest BCUT2D eigenvalue weighted by molar-refractivity contribution is 5.93. The molecule has 23 heavy (non-hydrogen) atoms. The second kappa shape index (κ2) is 5.84. The first-order valence-corrected chi connectivity index (χ1v) is 6.85. The molecule has 3 rings (SSSR count). The Morgan fingerprint density at radius 3 is 2.57 bits per heavy atom. The fourth-order valence-corrected chi connectivity index (χ4v) is 2.41. The third kappa shape index (κ3) is 2.62. The number of carboxylic acids is 1. The van der Waals surface area contributed by atoms with Crippen molar-refractivity contribution in [3.05, 3.63) is 54.2 Å². The Labute approximate surface area is 132 Å². The van der Waals surface area contributed by atoms with E-state index in [1.165, 1.54) is 19.2 Å². The van der Waals surface area contributed by atoms with Crippen LogP contribution in [0, 0.1) is 0 Å². The van der Waals surface area contributed by atoms with Crippen LogP contribution in [0.1, 0.15) is 10.4 Å². The van der Waals surface area contributed by atoms with Gasteiger partial charge in [-0.2, -0.15) is 5.10 Å². The van der Waals surface area contributed by atoms with E-state index in [1.54, 1.807) is 6.20 Å². The van der Waals surface area contributed by atoms with Crippen molar-refractivity contribution < 1.29 is 19.7 Å². The molecule has 0 unspecified atom stereocenters. The normalized spacial score (nSPS) is 10.5. The lowest BCUT2D eigenvalue weighted by atomic mass is 9.98. The van der Waals surface area contributed by atoms with Crippen molar-refractivity contribution in [1.82, 2.24) is 10.2 Å². The van der Waals surface area contributed by atoms with Gasteiger partial charge in [0.25, 0.3) is 0 Å². The minimum atomic E-state index is -1.10. The van der Waals surface area contributed by atoms with Crippen LogP contribution >= 0.6 is 0 Å². The molecule has 0 aliphatic carbocycles. The number of carboxylic acid groups (broad SMARTS) is 1. The average molecular weight is 310 g/mol. The molecule has 3 N–H and O–H groups in total. The van der Waals surface area contributed by atoms with Crippen LogP contribution < -0.4 is 4.74 Å². The molecule has 0 radical (unpaired) electrons. The molecule has 0 spiro atoms. The van der Waals surface area contributed by atoms with E-state index in [2.05, 4.69) is 10.2 Å². The zero-order valence-electron chi connectivity index (χ0n) is 12.3. The highest BCUT2D eigenvalue weighted by Crippen LogP contribution is 2.41. The summed E-state index contributed by atoms with van der Waals surface area (Å²) < 4.78 is 5.08. The summed E-state index contributed by atoms with van der Waals surface area (Å²) in [4.78, 5) is 11.3. The summed E-state index contributed by atoms with van der Waals surface area (Å²) in [6.07, 6.45) is 1.54. The number of methoxy groups -OCH3 is 1. The van der Waals surface area contributed by atoms with E-state index in [1.807, 2.05) is 30.3 Å². The summed E-state index contributed by atoms with van der Waals surface area (Å²) in [7, 11) is 1.37. The number of carbonyl (C=O) groups is 1. The average Bonchev–Trinajstić information content (AvgIpc) is 3.05. The van der Waals surface area contributed by atoms with E-state index < -0.39 is 5.97 Å². The standard InChI is InChI=1S/C17H14N2O4/c1-23-14-8-11(17(21)22)7-12(16(14)20)13-9-18-19-15(13)10-5-3-2-4-6-10/h2-9,20H,1H3,(H,18,19)(H,21,22). The predicted molar refractivity (Wildman–Crippen MR) is 84.6 cm³/mol. The molecular formula is C17H14N2O4. The van der Waals surface area contributed by atoms with Gasteiger partial charge in [0.05, 0.1) is 24.6 Å². The molecule has 6 heteroatoms. The zero-order valence-corrected chi connectivity index (χ0v) is 12.3. The summed E-state index contributed by atoms with van der Waals surface area (Å²) in [5.74, 6) is -1.13. The maximum Gasteiger partial charge on any atom is 0.335 e. The minimum Gasteiger partial charge on any atom is -0.504 e. The van der Waals surface area contributed by atoms with Gasteiger partial charge >= 0.3 is 5.97 Å². The fraction of sp³-hybridized carbons (Fsp3) is 0.0588. The summed E-state index contributed by atoms with van der Waals surface area (Å²) in [6, 6.07) is 12.1. The lowest BCUT2D eigenvalue weighted by molar-refractivity contribution is 0.0696. The molecular weight excluding hydrogens is 296 g/mol. The van der Waals surface area contributed by atoms with Crippen LogP contribution in [0.3, 0.4) is 0 Å². The maximum absolute atomic E-state index is 11.3. The smallest absolute Gasteiger partial charge is 0.335 e. The number of aromatic hydroxyl groups is 1. The van der Waals surface area contributed by atoms with Crippen molar-refractivity contribution in [3.63, 3.8) is 0 Å². The van der Waals surface area contributed by atoms with Crippen LogP contribution in [0.15, 0.2) is 48.7 Å². The summed E-state index contributed by atoms with van der Waals surface area (Å²) in [5.41, 5.74) is 2.52. The number of H-pyrrole nitrogens is 1. The van der Waals surface area contributed by atoms with Gasteiger partial charge < -0.3 is 14.9 Å². The molecule has 0 aliphatic heterocycles. The quantitative estimate of drug-likeness (QED) is 0.688. The predicted octanol–water partition coefficient (Wildman–Crippen LogP) is 3.16.